The van der Waals surface area contributed by atoms with Gasteiger partial charge in [-0.1, -0.05) is 42.4 Å². The summed E-state index contributed by atoms with van der Waals surface area (Å²) in [6.07, 6.45) is 3.23. The predicted octanol–water partition coefficient (Wildman–Crippen LogP) is 3.52. The number of hydrogen-bond acceptors (Lipinski definition) is 3. The van der Waals surface area contributed by atoms with Gasteiger partial charge in [0, 0.05) is 5.02 Å². The molecule has 1 aliphatic carbocycles. The Bertz CT molecular complexity index is 488. The van der Waals surface area contributed by atoms with Crippen molar-refractivity contribution in [3.63, 3.8) is 0 Å². The van der Waals surface area contributed by atoms with E-state index in [4.69, 9.17) is 16.6 Å². The molecule has 3 rings (SSSR count). The minimum Gasteiger partial charge on any atom is -0.360 e. The van der Waals surface area contributed by atoms with Crippen LogP contribution in [0.5, 0.6) is 0 Å². The van der Waals surface area contributed by atoms with E-state index in [1.807, 2.05) is 12.1 Å². The van der Waals surface area contributed by atoms with Crippen LogP contribution in [-0.4, -0.2) is 23.5 Å². The van der Waals surface area contributed by atoms with E-state index in [0.717, 1.165) is 16.6 Å². The molecule has 2 unspecified atom stereocenters. The Morgan fingerprint density at radius 3 is 2.94 bits per heavy atom. The van der Waals surface area contributed by atoms with Crippen molar-refractivity contribution >= 4 is 28.5 Å². The lowest BCUT2D eigenvalue weighted by atomic mass is 9.89. The predicted molar refractivity (Wildman–Crippen MR) is 79.6 cm³/mol. The smallest absolute Gasteiger partial charge is 0.156 e. The van der Waals surface area contributed by atoms with E-state index in [1.165, 1.54) is 5.56 Å². The Morgan fingerprint density at radius 1 is 1.44 bits per heavy atom. The Balaban J connectivity index is 1.84. The molecule has 1 N–H and O–H groups in total. The minimum absolute atomic E-state index is 0.427. The lowest BCUT2D eigenvalue weighted by Crippen LogP contribution is -2.30. The fourth-order valence-electron chi connectivity index (χ4n) is 3.20. The summed E-state index contributed by atoms with van der Waals surface area (Å²) < 4.78 is 0. The van der Waals surface area contributed by atoms with Crippen LogP contribution in [0, 0.1) is 5.92 Å². The molecule has 1 aromatic carbocycles. The zero-order valence-electron chi connectivity index (χ0n) is 10.6. The lowest BCUT2D eigenvalue weighted by Gasteiger charge is -2.18. The number of aliphatic imine (C=N–C) groups is 1. The molecular formula is C14H17ClN2S. The molecule has 1 fully saturated rings. The first-order valence-electron chi connectivity index (χ1n) is 6.33. The number of rotatable bonds is 1. The number of thioether (sulfide) groups is 1. The van der Waals surface area contributed by atoms with Crippen molar-refractivity contribution in [1.82, 2.24) is 5.32 Å². The molecule has 0 saturated heterocycles. The van der Waals surface area contributed by atoms with E-state index < -0.39 is 0 Å². The van der Waals surface area contributed by atoms with Gasteiger partial charge in [0.1, 0.15) is 0 Å². The highest BCUT2D eigenvalue weighted by Crippen LogP contribution is 2.43. The van der Waals surface area contributed by atoms with Crippen molar-refractivity contribution in [2.75, 3.05) is 6.26 Å². The van der Waals surface area contributed by atoms with Gasteiger partial charge < -0.3 is 5.32 Å². The van der Waals surface area contributed by atoms with Gasteiger partial charge in [0.05, 0.1) is 12.1 Å². The summed E-state index contributed by atoms with van der Waals surface area (Å²) in [6.45, 7) is 2.31. The number of benzene rings is 1. The maximum Gasteiger partial charge on any atom is 0.156 e. The third kappa shape index (κ3) is 2.04. The van der Waals surface area contributed by atoms with Gasteiger partial charge in [0.15, 0.2) is 5.17 Å². The average molecular weight is 281 g/mol. The molecule has 2 nitrogen and oxygen atoms in total. The standard InChI is InChI=1S/C14H17ClN2S/c1-8-11(9-4-3-5-10(15)6-9)7-12-13(8)17-14(16-12)18-2/h3-6,8,11-13H,7H2,1-2H3,(H,16,17)/t8-,11-,12?,13?/m0/s1. The van der Waals surface area contributed by atoms with Gasteiger partial charge in [-0.05, 0) is 42.2 Å². The second-order valence-electron chi connectivity index (χ2n) is 5.14. The normalized spacial score (nSPS) is 34.1. The Labute approximate surface area is 117 Å². The summed E-state index contributed by atoms with van der Waals surface area (Å²) in [7, 11) is 0. The number of halogens is 1. The molecule has 1 aliphatic heterocycles. The summed E-state index contributed by atoms with van der Waals surface area (Å²) in [6, 6.07) is 9.20. The quantitative estimate of drug-likeness (QED) is 0.851. The van der Waals surface area contributed by atoms with E-state index in [1.54, 1.807) is 11.8 Å². The van der Waals surface area contributed by atoms with Crippen molar-refractivity contribution in [2.45, 2.75) is 31.3 Å². The third-order valence-corrected chi connectivity index (χ3v) is 4.98. The second kappa shape index (κ2) is 4.78. The van der Waals surface area contributed by atoms with Crippen LogP contribution in [0.15, 0.2) is 29.3 Å². The van der Waals surface area contributed by atoms with Gasteiger partial charge in [-0.2, -0.15) is 0 Å². The number of hydrogen-bond donors (Lipinski definition) is 1. The summed E-state index contributed by atoms with van der Waals surface area (Å²) in [5, 5.41) is 5.46. The highest BCUT2D eigenvalue weighted by Gasteiger charge is 2.44. The maximum atomic E-state index is 6.09. The van der Waals surface area contributed by atoms with E-state index >= 15 is 0 Å². The zero-order chi connectivity index (χ0) is 12.7. The van der Waals surface area contributed by atoms with Crippen LogP contribution in [0.3, 0.4) is 0 Å². The second-order valence-corrected chi connectivity index (χ2v) is 6.37. The van der Waals surface area contributed by atoms with Crippen molar-refractivity contribution in [1.29, 1.82) is 0 Å². The Hall–Kier alpha value is -0.670. The molecule has 18 heavy (non-hydrogen) atoms. The topological polar surface area (TPSA) is 24.4 Å². The van der Waals surface area contributed by atoms with Crippen molar-refractivity contribution in [2.24, 2.45) is 10.9 Å². The lowest BCUT2D eigenvalue weighted by molar-refractivity contribution is 0.476. The number of amidine groups is 1. The largest absolute Gasteiger partial charge is 0.360 e. The van der Waals surface area contributed by atoms with E-state index in [2.05, 4.69) is 30.6 Å². The van der Waals surface area contributed by atoms with Gasteiger partial charge in [-0.3, -0.25) is 4.99 Å². The van der Waals surface area contributed by atoms with Gasteiger partial charge >= 0.3 is 0 Å². The number of fused-ring (bicyclic) bond motifs is 1. The summed E-state index contributed by atoms with van der Waals surface area (Å²) in [4.78, 5) is 4.78. The monoisotopic (exact) mass is 280 g/mol. The van der Waals surface area contributed by atoms with E-state index in [9.17, 15) is 0 Å². The Morgan fingerprint density at radius 2 is 2.28 bits per heavy atom. The summed E-state index contributed by atoms with van der Waals surface area (Å²) in [5.41, 5.74) is 1.35. The molecule has 4 atom stereocenters. The van der Waals surface area contributed by atoms with Crippen molar-refractivity contribution < 1.29 is 0 Å². The third-order valence-electron chi connectivity index (χ3n) is 4.14. The molecule has 0 radical (unpaired) electrons. The first-order chi connectivity index (χ1) is 8.69. The first kappa shape index (κ1) is 12.4. The molecule has 1 heterocycles. The zero-order valence-corrected chi connectivity index (χ0v) is 12.1. The molecule has 1 aromatic rings. The van der Waals surface area contributed by atoms with E-state index in [-0.39, 0.29) is 0 Å². The Kier molecular flexibility index (Phi) is 3.29. The molecular weight excluding hydrogens is 264 g/mol. The molecule has 0 bridgehead atoms. The van der Waals surface area contributed by atoms with Crippen LogP contribution < -0.4 is 5.32 Å². The van der Waals surface area contributed by atoms with Crippen LogP contribution in [0.2, 0.25) is 5.02 Å². The molecule has 0 amide bonds. The van der Waals surface area contributed by atoms with Gasteiger partial charge in [0.25, 0.3) is 0 Å². The van der Waals surface area contributed by atoms with Crippen LogP contribution in [-0.2, 0) is 0 Å². The van der Waals surface area contributed by atoms with Gasteiger partial charge in [0.2, 0.25) is 0 Å². The minimum atomic E-state index is 0.427. The van der Waals surface area contributed by atoms with Crippen molar-refractivity contribution in [3.8, 4) is 0 Å². The van der Waals surface area contributed by atoms with Crippen LogP contribution in [0.1, 0.15) is 24.8 Å². The SMILES string of the molecule is CSC1=NC2C(C[C@H](c3cccc(Cl)c3)[C@@H]2C)N1. The summed E-state index contributed by atoms with van der Waals surface area (Å²) >= 11 is 7.80. The maximum absolute atomic E-state index is 6.09. The number of nitrogens with zero attached hydrogens (tertiary/aromatic N) is 1. The van der Waals surface area contributed by atoms with E-state index in [0.29, 0.717) is 23.9 Å². The van der Waals surface area contributed by atoms with Crippen LogP contribution in [0.25, 0.3) is 0 Å². The highest BCUT2D eigenvalue weighted by molar-refractivity contribution is 8.13. The summed E-state index contributed by atoms with van der Waals surface area (Å²) in [5.74, 6) is 1.14. The van der Waals surface area contributed by atoms with Gasteiger partial charge in [-0.15, -0.1) is 0 Å². The first-order valence-corrected chi connectivity index (χ1v) is 7.93. The highest BCUT2D eigenvalue weighted by atomic mass is 35.5. The molecule has 96 valence electrons. The molecule has 0 spiro atoms. The fraction of sp³-hybridized carbons (Fsp3) is 0.500. The molecule has 0 aromatic heterocycles. The van der Waals surface area contributed by atoms with Gasteiger partial charge in [-0.25, -0.2) is 0 Å². The number of nitrogens with one attached hydrogen (secondary N) is 1. The molecule has 4 heteroatoms. The molecule has 2 aliphatic rings. The fourth-order valence-corrected chi connectivity index (χ4v) is 3.90. The van der Waals surface area contributed by atoms with Crippen LogP contribution >= 0.6 is 23.4 Å². The van der Waals surface area contributed by atoms with Crippen molar-refractivity contribution in [3.05, 3.63) is 34.9 Å². The average Bonchev–Trinajstić information content (AvgIpc) is 2.89. The molecule has 1 saturated carbocycles. The van der Waals surface area contributed by atoms with Crippen LogP contribution in [0.4, 0.5) is 0 Å².